The number of nitrogens with zero attached hydrogens (tertiary/aromatic N) is 1. The number of carbonyl (C=O) groups excluding carboxylic acids is 4. The molecule has 3 N–H and O–H groups in total. The highest BCUT2D eigenvalue weighted by atomic mass is 35.5. The van der Waals surface area contributed by atoms with E-state index in [1.165, 1.54) is 18.2 Å². The molecule has 0 saturated carbocycles. The van der Waals surface area contributed by atoms with Crippen LogP contribution in [0.1, 0.15) is 12.5 Å². The molecular formula is C21H18ClN3O6. The third kappa shape index (κ3) is 4.84. The molecule has 2 aromatic carbocycles. The van der Waals surface area contributed by atoms with Gasteiger partial charge in [-0.15, -0.1) is 0 Å². The van der Waals surface area contributed by atoms with Crippen molar-refractivity contribution < 1.29 is 28.7 Å². The van der Waals surface area contributed by atoms with Gasteiger partial charge < -0.3 is 15.2 Å². The van der Waals surface area contributed by atoms with Gasteiger partial charge in [0.25, 0.3) is 17.7 Å². The van der Waals surface area contributed by atoms with Gasteiger partial charge in [0.15, 0.2) is 18.1 Å². The van der Waals surface area contributed by atoms with E-state index >= 15 is 0 Å². The van der Waals surface area contributed by atoms with E-state index in [4.69, 9.17) is 26.8 Å². The molecule has 1 heterocycles. The number of barbiturate groups is 1. The van der Waals surface area contributed by atoms with Crippen molar-refractivity contribution in [2.24, 2.45) is 5.73 Å². The van der Waals surface area contributed by atoms with Crippen molar-refractivity contribution in [3.63, 3.8) is 0 Å². The third-order valence-electron chi connectivity index (χ3n) is 4.12. The number of benzene rings is 2. The Labute approximate surface area is 182 Å². The molecule has 1 aliphatic rings. The lowest BCUT2D eigenvalue weighted by Gasteiger charge is -2.26. The molecule has 160 valence electrons. The summed E-state index contributed by atoms with van der Waals surface area (Å²) in [6, 6.07) is 10.3. The number of anilines is 1. The Bertz CT molecular complexity index is 1080. The van der Waals surface area contributed by atoms with Gasteiger partial charge in [-0.25, -0.2) is 9.69 Å². The maximum absolute atomic E-state index is 12.9. The second kappa shape index (κ2) is 9.31. The van der Waals surface area contributed by atoms with Crippen LogP contribution >= 0.6 is 11.6 Å². The number of rotatable bonds is 7. The second-order valence-corrected chi connectivity index (χ2v) is 6.72. The number of urea groups is 1. The maximum Gasteiger partial charge on any atom is 0.335 e. The van der Waals surface area contributed by atoms with E-state index in [0.29, 0.717) is 11.3 Å². The average Bonchev–Trinajstić information content (AvgIpc) is 2.71. The average molecular weight is 444 g/mol. The van der Waals surface area contributed by atoms with Gasteiger partial charge in [0, 0.05) is 0 Å². The van der Waals surface area contributed by atoms with E-state index in [1.54, 1.807) is 37.3 Å². The predicted molar refractivity (Wildman–Crippen MR) is 113 cm³/mol. The molecule has 1 fully saturated rings. The highest BCUT2D eigenvalue weighted by molar-refractivity contribution is 6.39. The number of carbonyl (C=O) groups is 4. The van der Waals surface area contributed by atoms with Crippen LogP contribution in [0.5, 0.6) is 11.5 Å². The quantitative estimate of drug-likeness (QED) is 0.499. The van der Waals surface area contributed by atoms with Crippen LogP contribution in [0.15, 0.2) is 48.0 Å². The standard InChI is InChI=1S/C21H18ClN3O6/c1-2-30-16-10-12(9-15(22)18(16)31-11-17(23)26)8-14-19(27)24-21(29)25(20(14)28)13-6-4-3-5-7-13/h3-10H,2,11H2,1H3,(H2,23,26)(H,24,27,29)/b14-8+. The topological polar surface area (TPSA) is 128 Å². The summed E-state index contributed by atoms with van der Waals surface area (Å²) in [7, 11) is 0. The monoisotopic (exact) mass is 443 g/mol. The molecular weight excluding hydrogens is 426 g/mol. The number of ether oxygens (including phenoxy) is 2. The van der Waals surface area contributed by atoms with Crippen LogP contribution in [0.3, 0.4) is 0 Å². The highest BCUT2D eigenvalue weighted by Crippen LogP contribution is 2.37. The molecule has 2 aromatic rings. The molecule has 0 aromatic heterocycles. The summed E-state index contributed by atoms with van der Waals surface area (Å²) >= 11 is 6.26. The Morgan fingerprint density at radius 3 is 2.52 bits per heavy atom. The van der Waals surface area contributed by atoms with Gasteiger partial charge in [0.1, 0.15) is 5.57 Å². The number of hydrogen-bond donors (Lipinski definition) is 2. The summed E-state index contributed by atoms with van der Waals surface area (Å²) in [5, 5.41) is 2.23. The fourth-order valence-electron chi connectivity index (χ4n) is 2.85. The summed E-state index contributed by atoms with van der Waals surface area (Å²) in [6.07, 6.45) is 1.28. The number of nitrogens with two attached hydrogens (primary N) is 1. The first-order valence-corrected chi connectivity index (χ1v) is 9.53. The SMILES string of the molecule is CCOc1cc(/C=C2\C(=O)NC(=O)N(c3ccccc3)C2=O)cc(Cl)c1OCC(N)=O. The summed E-state index contributed by atoms with van der Waals surface area (Å²) in [6.45, 7) is 1.59. The molecule has 9 nitrogen and oxygen atoms in total. The van der Waals surface area contributed by atoms with Gasteiger partial charge >= 0.3 is 6.03 Å². The molecule has 1 aliphatic heterocycles. The first-order valence-electron chi connectivity index (χ1n) is 9.15. The first-order chi connectivity index (χ1) is 14.8. The molecule has 0 radical (unpaired) electrons. The maximum atomic E-state index is 12.9. The van der Waals surface area contributed by atoms with E-state index in [1.807, 2.05) is 0 Å². The number of halogens is 1. The molecule has 0 spiro atoms. The van der Waals surface area contributed by atoms with Crippen LogP contribution < -0.4 is 25.4 Å². The fourth-order valence-corrected chi connectivity index (χ4v) is 3.13. The number of primary amides is 1. The Morgan fingerprint density at radius 1 is 1.16 bits per heavy atom. The van der Waals surface area contributed by atoms with Crippen molar-refractivity contribution in [3.8, 4) is 11.5 Å². The first kappa shape index (κ1) is 21.8. The third-order valence-corrected chi connectivity index (χ3v) is 4.40. The predicted octanol–water partition coefficient (Wildman–Crippen LogP) is 2.27. The van der Waals surface area contributed by atoms with Gasteiger partial charge in [0.05, 0.1) is 17.3 Å². The smallest absolute Gasteiger partial charge is 0.335 e. The number of hydrogen-bond acceptors (Lipinski definition) is 6. The zero-order valence-corrected chi connectivity index (χ0v) is 17.1. The zero-order valence-electron chi connectivity index (χ0n) is 16.4. The molecule has 10 heteroatoms. The number of nitrogens with one attached hydrogen (secondary N) is 1. The van der Waals surface area contributed by atoms with Gasteiger partial charge in [-0.1, -0.05) is 29.8 Å². The largest absolute Gasteiger partial charge is 0.490 e. The van der Waals surface area contributed by atoms with Crippen LogP contribution in [0.4, 0.5) is 10.5 Å². The Morgan fingerprint density at radius 2 is 1.87 bits per heavy atom. The summed E-state index contributed by atoms with van der Waals surface area (Å²) in [5.74, 6) is -2.03. The van der Waals surface area contributed by atoms with Crippen molar-refractivity contribution in [3.05, 3.63) is 58.6 Å². The minimum absolute atomic E-state index is 0.0821. The van der Waals surface area contributed by atoms with Crippen LogP contribution in [0, 0.1) is 0 Å². The van der Waals surface area contributed by atoms with Gasteiger partial charge in [-0.3, -0.25) is 19.7 Å². The molecule has 0 atom stereocenters. The van der Waals surface area contributed by atoms with Crippen molar-refractivity contribution in [1.29, 1.82) is 0 Å². The molecule has 0 unspecified atom stereocenters. The molecule has 5 amide bonds. The lowest BCUT2D eigenvalue weighted by Crippen LogP contribution is -2.54. The number of amides is 5. The lowest BCUT2D eigenvalue weighted by atomic mass is 10.1. The van der Waals surface area contributed by atoms with E-state index < -0.39 is 30.4 Å². The molecule has 0 bridgehead atoms. The van der Waals surface area contributed by atoms with E-state index in [0.717, 1.165) is 4.90 Å². The van der Waals surface area contributed by atoms with E-state index in [-0.39, 0.29) is 28.7 Å². The zero-order chi connectivity index (χ0) is 22.5. The Balaban J connectivity index is 2.00. The lowest BCUT2D eigenvalue weighted by molar-refractivity contribution is -0.123. The van der Waals surface area contributed by atoms with Crippen molar-refractivity contribution in [2.45, 2.75) is 6.92 Å². The van der Waals surface area contributed by atoms with Crippen LogP contribution in [0.2, 0.25) is 5.02 Å². The molecule has 1 saturated heterocycles. The van der Waals surface area contributed by atoms with Crippen molar-refractivity contribution in [1.82, 2.24) is 5.32 Å². The summed E-state index contributed by atoms with van der Waals surface area (Å²) in [4.78, 5) is 49.4. The van der Waals surface area contributed by atoms with Crippen molar-refractivity contribution in [2.75, 3.05) is 18.1 Å². The van der Waals surface area contributed by atoms with Gasteiger partial charge in [0.2, 0.25) is 0 Å². The van der Waals surface area contributed by atoms with Crippen LogP contribution in [-0.2, 0) is 14.4 Å². The molecule has 0 aliphatic carbocycles. The summed E-state index contributed by atoms with van der Waals surface area (Å²) < 4.78 is 10.8. The number of para-hydroxylation sites is 1. The van der Waals surface area contributed by atoms with E-state index in [9.17, 15) is 19.2 Å². The van der Waals surface area contributed by atoms with Crippen molar-refractivity contribution >= 4 is 47.1 Å². The molecule has 3 rings (SSSR count). The normalized spacial score (nSPS) is 15.1. The second-order valence-electron chi connectivity index (χ2n) is 6.31. The minimum atomic E-state index is -0.846. The highest BCUT2D eigenvalue weighted by Gasteiger charge is 2.36. The Kier molecular flexibility index (Phi) is 6.56. The number of imide groups is 2. The molecule has 31 heavy (non-hydrogen) atoms. The fraction of sp³-hybridized carbons (Fsp3) is 0.143. The van der Waals surface area contributed by atoms with Crippen LogP contribution in [-0.4, -0.2) is 37.0 Å². The Hall–Kier alpha value is -3.85. The summed E-state index contributed by atoms with van der Waals surface area (Å²) in [5.41, 5.74) is 5.49. The van der Waals surface area contributed by atoms with E-state index in [2.05, 4.69) is 5.32 Å². The minimum Gasteiger partial charge on any atom is -0.490 e. The van der Waals surface area contributed by atoms with Gasteiger partial charge in [-0.2, -0.15) is 0 Å². The van der Waals surface area contributed by atoms with Crippen LogP contribution in [0.25, 0.3) is 6.08 Å². The van der Waals surface area contributed by atoms with Gasteiger partial charge in [-0.05, 0) is 42.8 Å².